The average molecular weight is 383 g/mol. The fourth-order valence-electron chi connectivity index (χ4n) is 2.65. The summed E-state index contributed by atoms with van der Waals surface area (Å²) in [6.07, 6.45) is 3.43. The molecule has 0 fully saturated rings. The Kier molecular flexibility index (Phi) is 5.01. The first-order chi connectivity index (χ1) is 12.9. The van der Waals surface area contributed by atoms with Gasteiger partial charge in [0.25, 0.3) is 5.91 Å². The third-order valence-corrected chi connectivity index (χ3v) is 4.11. The fraction of sp³-hybridized carbons (Fsp3) is 0.105. The Morgan fingerprint density at radius 3 is 2.56 bits per heavy atom. The molecule has 0 atom stereocenters. The normalized spacial score (nSPS) is 10.3. The number of aromatic nitrogens is 1. The van der Waals surface area contributed by atoms with Gasteiger partial charge in [-0.1, -0.05) is 11.6 Å². The number of anilines is 2. The van der Waals surface area contributed by atoms with Crippen LogP contribution in [0.2, 0.25) is 5.02 Å². The molecule has 2 amide bonds. The molecule has 0 aliphatic carbocycles. The van der Waals surface area contributed by atoms with Crippen LogP contribution >= 0.6 is 11.6 Å². The van der Waals surface area contributed by atoms with Gasteiger partial charge in [0, 0.05) is 25.0 Å². The van der Waals surface area contributed by atoms with Crippen molar-refractivity contribution in [1.82, 2.24) is 4.57 Å². The van der Waals surface area contributed by atoms with E-state index in [1.807, 2.05) is 6.07 Å². The van der Waals surface area contributed by atoms with Gasteiger partial charge in [0.2, 0.25) is 11.8 Å². The predicted octanol–water partition coefficient (Wildman–Crippen LogP) is 4.11. The summed E-state index contributed by atoms with van der Waals surface area (Å²) in [4.78, 5) is 24.0. The number of halogens is 1. The number of rotatable bonds is 4. The summed E-state index contributed by atoms with van der Waals surface area (Å²) in [7, 11) is 0. The van der Waals surface area contributed by atoms with Crippen molar-refractivity contribution in [1.29, 1.82) is 5.26 Å². The molecule has 0 bridgehead atoms. The number of hydrogen-bond donors (Lipinski definition) is 2. The largest absolute Gasteiger partial charge is 0.443 e. The maximum Gasteiger partial charge on any atom is 0.260 e. The van der Waals surface area contributed by atoms with Gasteiger partial charge in [-0.3, -0.25) is 14.2 Å². The Morgan fingerprint density at radius 2 is 1.93 bits per heavy atom. The number of benzene rings is 1. The zero-order chi connectivity index (χ0) is 19.6. The van der Waals surface area contributed by atoms with E-state index in [0.717, 1.165) is 0 Å². The number of hydrogen-bond acceptors (Lipinski definition) is 4. The number of furan rings is 1. The first-order valence-corrected chi connectivity index (χ1v) is 8.34. The van der Waals surface area contributed by atoms with E-state index < -0.39 is 5.91 Å². The van der Waals surface area contributed by atoms with Crippen molar-refractivity contribution in [2.45, 2.75) is 13.8 Å². The Labute approximate surface area is 160 Å². The molecular weight excluding hydrogens is 368 g/mol. The Morgan fingerprint density at radius 1 is 1.22 bits per heavy atom. The van der Waals surface area contributed by atoms with Gasteiger partial charge in [-0.25, -0.2) is 0 Å². The third kappa shape index (κ3) is 3.71. The Bertz CT molecular complexity index is 1060. The first-order valence-electron chi connectivity index (χ1n) is 7.96. The fourth-order valence-corrected chi connectivity index (χ4v) is 2.81. The highest BCUT2D eigenvalue weighted by Gasteiger charge is 2.25. The minimum atomic E-state index is -0.534. The van der Waals surface area contributed by atoms with E-state index in [1.165, 1.54) is 13.0 Å². The topological polar surface area (TPSA) is 100 Å². The van der Waals surface area contributed by atoms with Gasteiger partial charge in [-0.15, -0.1) is 0 Å². The van der Waals surface area contributed by atoms with E-state index in [0.29, 0.717) is 22.2 Å². The van der Waals surface area contributed by atoms with Gasteiger partial charge in [0.15, 0.2) is 0 Å². The van der Waals surface area contributed by atoms with Crippen molar-refractivity contribution in [2.75, 3.05) is 10.6 Å². The molecule has 0 saturated carbocycles. The SMILES string of the molecule is CC(=O)Nc1ccc(Cl)c(NC(=O)c2c(C)oc(-n3cccc3)c2C#N)c1. The molecule has 2 N–H and O–H groups in total. The van der Waals surface area contributed by atoms with Gasteiger partial charge >= 0.3 is 0 Å². The second-order valence-electron chi connectivity index (χ2n) is 5.75. The predicted molar refractivity (Wildman–Crippen MR) is 101 cm³/mol. The number of carbonyl (C=O) groups excluding carboxylic acids is 2. The molecular formula is C19H15ClN4O3. The summed E-state index contributed by atoms with van der Waals surface area (Å²) < 4.78 is 7.25. The van der Waals surface area contributed by atoms with E-state index >= 15 is 0 Å². The van der Waals surface area contributed by atoms with Crippen LogP contribution in [0.15, 0.2) is 47.1 Å². The molecule has 1 aromatic carbocycles. The van der Waals surface area contributed by atoms with E-state index in [4.69, 9.17) is 16.0 Å². The highest BCUT2D eigenvalue weighted by Crippen LogP contribution is 2.29. The highest BCUT2D eigenvalue weighted by molar-refractivity contribution is 6.34. The summed E-state index contributed by atoms with van der Waals surface area (Å²) in [5.74, 6) is -0.207. The third-order valence-electron chi connectivity index (χ3n) is 3.78. The second-order valence-corrected chi connectivity index (χ2v) is 6.15. The van der Waals surface area contributed by atoms with Crippen molar-refractivity contribution in [3.63, 3.8) is 0 Å². The van der Waals surface area contributed by atoms with Crippen molar-refractivity contribution < 1.29 is 14.0 Å². The smallest absolute Gasteiger partial charge is 0.260 e. The molecule has 7 nitrogen and oxygen atoms in total. The minimum absolute atomic E-state index is 0.121. The zero-order valence-corrected chi connectivity index (χ0v) is 15.3. The number of nitrogens with zero attached hydrogens (tertiary/aromatic N) is 2. The van der Waals surface area contributed by atoms with Crippen LogP contribution in [0.3, 0.4) is 0 Å². The maximum atomic E-state index is 12.8. The molecule has 3 aromatic rings. The number of amides is 2. The van der Waals surface area contributed by atoms with Gasteiger partial charge in [0.05, 0.1) is 10.7 Å². The lowest BCUT2D eigenvalue weighted by Crippen LogP contribution is -2.15. The van der Waals surface area contributed by atoms with Crippen LogP contribution in [0, 0.1) is 18.3 Å². The summed E-state index contributed by atoms with van der Waals surface area (Å²) >= 11 is 6.14. The molecule has 0 aliphatic rings. The molecule has 0 aliphatic heterocycles. The van der Waals surface area contributed by atoms with E-state index in [1.54, 1.807) is 48.1 Å². The minimum Gasteiger partial charge on any atom is -0.443 e. The molecule has 8 heteroatoms. The number of aryl methyl sites for hydroxylation is 1. The monoisotopic (exact) mass is 382 g/mol. The molecule has 0 saturated heterocycles. The Hall–Kier alpha value is -3.50. The van der Waals surface area contributed by atoms with Gasteiger partial charge in [-0.05, 0) is 37.3 Å². The van der Waals surface area contributed by atoms with Crippen molar-refractivity contribution in [3.8, 4) is 12.0 Å². The zero-order valence-electron chi connectivity index (χ0n) is 14.5. The highest BCUT2D eigenvalue weighted by atomic mass is 35.5. The van der Waals surface area contributed by atoms with Gasteiger partial charge in [-0.2, -0.15) is 5.26 Å². The summed E-state index contributed by atoms with van der Waals surface area (Å²) in [6, 6.07) is 10.3. The maximum absolute atomic E-state index is 12.8. The molecule has 2 heterocycles. The summed E-state index contributed by atoms with van der Waals surface area (Å²) in [6.45, 7) is 2.99. The standard InChI is InChI=1S/C19H15ClN4O3/c1-11-17(14(10-21)19(27-11)24-7-3-4-8-24)18(26)23-16-9-13(22-12(2)25)5-6-15(16)20/h3-9H,1-2H3,(H,22,25)(H,23,26). The number of nitrogens with one attached hydrogen (secondary N) is 2. The molecule has 0 radical (unpaired) electrons. The van der Waals surface area contributed by atoms with Crippen LogP contribution in [-0.2, 0) is 4.79 Å². The first kappa shape index (κ1) is 18.3. The van der Waals surface area contributed by atoms with Gasteiger partial charge in [0.1, 0.15) is 23.0 Å². The average Bonchev–Trinajstić information content (AvgIpc) is 3.24. The lowest BCUT2D eigenvalue weighted by atomic mass is 10.1. The molecule has 136 valence electrons. The van der Waals surface area contributed by atoms with Gasteiger partial charge < -0.3 is 15.1 Å². The molecule has 3 rings (SSSR count). The van der Waals surface area contributed by atoms with Crippen LogP contribution in [0.25, 0.3) is 5.88 Å². The van der Waals surface area contributed by atoms with Crippen molar-refractivity contribution in [3.05, 3.63) is 64.6 Å². The summed E-state index contributed by atoms with van der Waals surface area (Å²) in [5.41, 5.74) is 1.04. The molecule has 0 unspecified atom stereocenters. The van der Waals surface area contributed by atoms with Crippen LogP contribution in [0.5, 0.6) is 0 Å². The van der Waals surface area contributed by atoms with Crippen molar-refractivity contribution >= 4 is 34.8 Å². The summed E-state index contributed by atoms with van der Waals surface area (Å²) in [5, 5.41) is 15.1. The van der Waals surface area contributed by atoms with Crippen LogP contribution < -0.4 is 10.6 Å². The lowest BCUT2D eigenvalue weighted by Gasteiger charge is -2.10. The molecule has 0 spiro atoms. The number of carbonyl (C=O) groups is 2. The lowest BCUT2D eigenvalue weighted by molar-refractivity contribution is -0.114. The van der Waals surface area contributed by atoms with Crippen LogP contribution in [0.4, 0.5) is 11.4 Å². The second kappa shape index (κ2) is 7.40. The Balaban J connectivity index is 1.96. The van der Waals surface area contributed by atoms with E-state index in [2.05, 4.69) is 10.6 Å². The van der Waals surface area contributed by atoms with Crippen LogP contribution in [-0.4, -0.2) is 16.4 Å². The van der Waals surface area contributed by atoms with Crippen molar-refractivity contribution in [2.24, 2.45) is 0 Å². The van der Waals surface area contributed by atoms with Crippen LogP contribution in [0.1, 0.15) is 28.6 Å². The molecule has 27 heavy (non-hydrogen) atoms. The quantitative estimate of drug-likeness (QED) is 0.708. The van der Waals surface area contributed by atoms with E-state index in [-0.39, 0.29) is 22.9 Å². The number of nitriles is 1. The van der Waals surface area contributed by atoms with E-state index in [9.17, 15) is 14.9 Å². The molecule has 2 aromatic heterocycles.